The van der Waals surface area contributed by atoms with Crippen molar-refractivity contribution in [2.45, 2.75) is 32.4 Å². The minimum atomic E-state index is 0.440. The lowest BCUT2D eigenvalue weighted by molar-refractivity contribution is 0.288. The van der Waals surface area contributed by atoms with Gasteiger partial charge >= 0.3 is 0 Å². The first-order valence-electron chi connectivity index (χ1n) is 8.54. The number of rotatable bonds is 5. The van der Waals surface area contributed by atoms with Crippen LogP contribution < -0.4 is 10.1 Å². The Hall–Kier alpha value is -2.40. The monoisotopic (exact) mass is 322 g/mol. The largest absolute Gasteiger partial charge is 0.492 e. The fraction of sp³-hybridized carbons (Fsp3) is 0.368. The molecule has 0 unspecified atom stereocenters. The highest BCUT2D eigenvalue weighted by atomic mass is 16.5. The van der Waals surface area contributed by atoms with E-state index in [4.69, 9.17) is 4.74 Å². The number of aromatic nitrogens is 3. The first-order chi connectivity index (χ1) is 11.8. The molecule has 124 valence electrons. The van der Waals surface area contributed by atoms with E-state index < -0.39 is 0 Å². The molecule has 0 fully saturated rings. The first-order valence-corrected chi connectivity index (χ1v) is 8.54. The van der Waals surface area contributed by atoms with Crippen LogP contribution in [0.1, 0.15) is 18.1 Å². The van der Waals surface area contributed by atoms with Crippen molar-refractivity contribution in [1.29, 1.82) is 0 Å². The normalized spacial score (nSPS) is 17.0. The number of ether oxygens (including phenoxy) is 1. The van der Waals surface area contributed by atoms with Gasteiger partial charge in [-0.2, -0.15) is 5.10 Å². The van der Waals surface area contributed by atoms with Gasteiger partial charge in [-0.25, -0.2) is 9.67 Å². The Morgan fingerprint density at radius 2 is 2.08 bits per heavy atom. The maximum absolute atomic E-state index is 5.99. The number of nitrogens with one attached hydrogen (secondary N) is 1. The standard InChI is InChI=1S/C19H22N4O/c1-14-21-19-10-9-16(13-23(19)22-14)20-11-12-24-18-8-4-6-15-5-2-3-7-17(15)18/h2-8,16,20H,9-13H2,1H3/t16-/m0/s1. The molecule has 1 atom stereocenters. The molecule has 0 radical (unpaired) electrons. The van der Waals surface area contributed by atoms with Gasteiger partial charge in [0.25, 0.3) is 0 Å². The zero-order valence-electron chi connectivity index (χ0n) is 13.9. The molecule has 5 heteroatoms. The van der Waals surface area contributed by atoms with Crippen LogP contribution in [-0.2, 0) is 13.0 Å². The van der Waals surface area contributed by atoms with Crippen LogP contribution in [0.25, 0.3) is 10.8 Å². The topological polar surface area (TPSA) is 52.0 Å². The molecule has 0 bridgehead atoms. The van der Waals surface area contributed by atoms with Gasteiger partial charge in [0.05, 0.1) is 6.54 Å². The van der Waals surface area contributed by atoms with Gasteiger partial charge in [0.2, 0.25) is 0 Å². The molecule has 0 amide bonds. The van der Waals surface area contributed by atoms with Crippen molar-refractivity contribution in [2.75, 3.05) is 13.2 Å². The fourth-order valence-electron chi connectivity index (χ4n) is 3.35. The van der Waals surface area contributed by atoms with Crippen LogP contribution >= 0.6 is 0 Å². The smallest absolute Gasteiger partial charge is 0.147 e. The predicted octanol–water partition coefficient (Wildman–Crippen LogP) is 2.72. The molecule has 0 saturated carbocycles. The number of hydrogen-bond donors (Lipinski definition) is 1. The number of nitrogens with zero attached hydrogens (tertiary/aromatic N) is 3. The van der Waals surface area contributed by atoms with E-state index in [2.05, 4.69) is 39.7 Å². The van der Waals surface area contributed by atoms with E-state index in [1.165, 1.54) is 10.8 Å². The molecule has 1 N–H and O–H groups in total. The van der Waals surface area contributed by atoms with Gasteiger partial charge < -0.3 is 10.1 Å². The van der Waals surface area contributed by atoms with E-state index in [9.17, 15) is 0 Å². The highest BCUT2D eigenvalue weighted by Crippen LogP contribution is 2.24. The molecule has 4 rings (SSSR count). The third-order valence-electron chi connectivity index (χ3n) is 4.51. The van der Waals surface area contributed by atoms with Crippen LogP contribution in [-0.4, -0.2) is 34.0 Å². The molecule has 1 aliphatic rings. The third kappa shape index (κ3) is 3.12. The quantitative estimate of drug-likeness (QED) is 0.734. The summed E-state index contributed by atoms with van der Waals surface area (Å²) in [5.41, 5.74) is 0. The molecular weight excluding hydrogens is 300 g/mol. The molecule has 1 aromatic heterocycles. The molecule has 5 nitrogen and oxygen atoms in total. The Bertz CT molecular complexity index is 837. The van der Waals surface area contributed by atoms with Crippen molar-refractivity contribution in [2.24, 2.45) is 0 Å². The van der Waals surface area contributed by atoms with E-state index in [1.807, 2.05) is 29.8 Å². The summed E-state index contributed by atoms with van der Waals surface area (Å²) in [6, 6.07) is 14.9. The van der Waals surface area contributed by atoms with Crippen LogP contribution in [0.5, 0.6) is 5.75 Å². The van der Waals surface area contributed by atoms with Crippen molar-refractivity contribution >= 4 is 10.8 Å². The van der Waals surface area contributed by atoms with Crippen molar-refractivity contribution in [3.05, 3.63) is 54.1 Å². The third-order valence-corrected chi connectivity index (χ3v) is 4.51. The summed E-state index contributed by atoms with van der Waals surface area (Å²) >= 11 is 0. The minimum absolute atomic E-state index is 0.440. The molecule has 24 heavy (non-hydrogen) atoms. The predicted molar refractivity (Wildman–Crippen MR) is 94.3 cm³/mol. The summed E-state index contributed by atoms with van der Waals surface area (Å²) in [7, 11) is 0. The van der Waals surface area contributed by atoms with Gasteiger partial charge in [-0.15, -0.1) is 0 Å². The average Bonchev–Trinajstić information content (AvgIpc) is 2.98. The van der Waals surface area contributed by atoms with Crippen LogP contribution in [0.2, 0.25) is 0 Å². The lowest BCUT2D eigenvalue weighted by Crippen LogP contribution is -2.39. The summed E-state index contributed by atoms with van der Waals surface area (Å²) < 4.78 is 8.02. The minimum Gasteiger partial charge on any atom is -0.492 e. The number of fused-ring (bicyclic) bond motifs is 2. The first kappa shape index (κ1) is 15.1. The second-order valence-corrected chi connectivity index (χ2v) is 6.27. The molecule has 2 aromatic carbocycles. The van der Waals surface area contributed by atoms with Crippen LogP contribution in [0, 0.1) is 6.92 Å². The lowest BCUT2D eigenvalue weighted by atomic mass is 10.1. The Morgan fingerprint density at radius 1 is 1.21 bits per heavy atom. The SMILES string of the molecule is Cc1nc2n(n1)C[C@@H](NCCOc1cccc3ccccc13)CC2. The Balaban J connectivity index is 1.30. The van der Waals surface area contributed by atoms with E-state index in [0.717, 1.165) is 43.3 Å². The maximum atomic E-state index is 5.99. The van der Waals surface area contributed by atoms with Crippen LogP contribution in [0.3, 0.4) is 0 Å². The Kier molecular flexibility index (Phi) is 4.17. The zero-order chi connectivity index (χ0) is 16.4. The van der Waals surface area contributed by atoms with E-state index in [1.54, 1.807) is 0 Å². The second kappa shape index (κ2) is 6.61. The summed E-state index contributed by atoms with van der Waals surface area (Å²) in [6.45, 7) is 4.33. The van der Waals surface area contributed by atoms with E-state index in [0.29, 0.717) is 12.6 Å². The summed E-state index contributed by atoms with van der Waals surface area (Å²) in [6.07, 6.45) is 2.09. The Labute approximate surface area is 141 Å². The molecule has 0 aliphatic carbocycles. The highest BCUT2D eigenvalue weighted by molar-refractivity contribution is 5.88. The van der Waals surface area contributed by atoms with Crippen molar-refractivity contribution < 1.29 is 4.74 Å². The summed E-state index contributed by atoms with van der Waals surface area (Å²) in [5, 5.41) is 10.4. The van der Waals surface area contributed by atoms with Gasteiger partial charge in [-0.05, 0) is 24.8 Å². The van der Waals surface area contributed by atoms with E-state index in [-0.39, 0.29) is 0 Å². The van der Waals surface area contributed by atoms with Gasteiger partial charge in [0, 0.05) is 24.4 Å². The number of aryl methyl sites for hydroxylation is 2. The number of hydrogen-bond acceptors (Lipinski definition) is 4. The van der Waals surface area contributed by atoms with Gasteiger partial charge in [0.15, 0.2) is 0 Å². The fourth-order valence-corrected chi connectivity index (χ4v) is 3.35. The molecule has 0 saturated heterocycles. The molecule has 0 spiro atoms. The highest BCUT2D eigenvalue weighted by Gasteiger charge is 2.20. The molecule has 3 aromatic rings. The van der Waals surface area contributed by atoms with E-state index >= 15 is 0 Å². The lowest BCUT2D eigenvalue weighted by Gasteiger charge is -2.23. The van der Waals surface area contributed by atoms with Crippen molar-refractivity contribution in [3.8, 4) is 5.75 Å². The van der Waals surface area contributed by atoms with Gasteiger partial charge in [0.1, 0.15) is 24.0 Å². The Morgan fingerprint density at radius 3 is 3.04 bits per heavy atom. The molecular formula is C19H22N4O. The molecule has 2 heterocycles. The van der Waals surface area contributed by atoms with Gasteiger partial charge in [-0.1, -0.05) is 36.4 Å². The van der Waals surface area contributed by atoms with Crippen molar-refractivity contribution in [3.63, 3.8) is 0 Å². The van der Waals surface area contributed by atoms with Crippen LogP contribution in [0.15, 0.2) is 42.5 Å². The second-order valence-electron chi connectivity index (χ2n) is 6.27. The molecule has 1 aliphatic heterocycles. The van der Waals surface area contributed by atoms with Crippen LogP contribution in [0.4, 0.5) is 0 Å². The maximum Gasteiger partial charge on any atom is 0.147 e. The van der Waals surface area contributed by atoms with Crippen molar-refractivity contribution in [1.82, 2.24) is 20.1 Å². The average molecular weight is 322 g/mol. The summed E-state index contributed by atoms with van der Waals surface area (Å²) in [5.74, 6) is 2.93. The zero-order valence-corrected chi connectivity index (χ0v) is 13.9. The summed E-state index contributed by atoms with van der Waals surface area (Å²) in [4.78, 5) is 4.45. The number of benzene rings is 2. The van der Waals surface area contributed by atoms with Gasteiger partial charge in [-0.3, -0.25) is 0 Å².